The van der Waals surface area contributed by atoms with Gasteiger partial charge in [-0.1, -0.05) is 10.3 Å². The highest BCUT2D eigenvalue weighted by Crippen LogP contribution is 2.39. The zero-order chi connectivity index (χ0) is 16.7. The van der Waals surface area contributed by atoms with Gasteiger partial charge in [-0.05, 0) is 31.2 Å². The van der Waals surface area contributed by atoms with Crippen LogP contribution in [0, 0.1) is 0 Å². The molecule has 3 aromatic heterocycles. The Kier molecular flexibility index (Phi) is 3.72. The monoisotopic (exact) mass is 366 g/mol. The number of hydrogen-bond acceptors (Lipinski definition) is 9. The van der Waals surface area contributed by atoms with Crippen LogP contribution in [0.1, 0.15) is 48.5 Å². The van der Waals surface area contributed by atoms with E-state index in [2.05, 4.69) is 20.3 Å². The molecule has 24 heavy (non-hydrogen) atoms. The molecule has 1 fully saturated rings. The van der Waals surface area contributed by atoms with Crippen LogP contribution in [0.5, 0.6) is 0 Å². The van der Waals surface area contributed by atoms with Crippen molar-refractivity contribution in [1.82, 2.24) is 20.3 Å². The maximum absolute atomic E-state index is 12.5. The van der Waals surface area contributed by atoms with Gasteiger partial charge in [0, 0.05) is 16.9 Å². The molecule has 1 aliphatic carbocycles. The summed E-state index contributed by atoms with van der Waals surface area (Å²) in [4.78, 5) is 8.34. The number of rotatable bonds is 6. The molecule has 10 heteroatoms. The van der Waals surface area contributed by atoms with Gasteiger partial charge in [0.25, 0.3) is 0 Å². The van der Waals surface area contributed by atoms with E-state index < -0.39 is 15.1 Å². The predicted octanol–water partition coefficient (Wildman–Crippen LogP) is 2.73. The summed E-state index contributed by atoms with van der Waals surface area (Å²) in [5, 5.41) is 10.5. The normalized spacial score (nSPS) is 16.4. The molecule has 1 atom stereocenters. The topological polar surface area (TPSA) is 112 Å². The summed E-state index contributed by atoms with van der Waals surface area (Å²) < 4.78 is 35.2. The fourth-order valence-electron chi connectivity index (χ4n) is 2.19. The van der Waals surface area contributed by atoms with Crippen LogP contribution < -0.4 is 0 Å². The fraction of sp³-hybridized carbons (Fsp3) is 0.429. The Morgan fingerprint density at radius 3 is 2.83 bits per heavy atom. The van der Waals surface area contributed by atoms with Gasteiger partial charge in [-0.3, -0.25) is 0 Å². The Bertz CT molecular complexity index is 941. The van der Waals surface area contributed by atoms with Gasteiger partial charge < -0.3 is 9.05 Å². The van der Waals surface area contributed by atoms with E-state index in [1.54, 1.807) is 0 Å². The molecule has 0 aliphatic heterocycles. The fourth-order valence-corrected chi connectivity index (χ4v) is 3.94. The first-order valence-corrected chi connectivity index (χ1v) is 10.1. The van der Waals surface area contributed by atoms with Crippen LogP contribution in [0.2, 0.25) is 0 Å². The largest absolute Gasteiger partial charge is 0.338 e. The molecule has 3 heterocycles. The Morgan fingerprint density at radius 2 is 2.12 bits per heavy atom. The Labute approximate surface area is 141 Å². The van der Waals surface area contributed by atoms with Crippen LogP contribution in [0.15, 0.2) is 25.9 Å². The van der Waals surface area contributed by atoms with Crippen molar-refractivity contribution in [3.8, 4) is 11.4 Å². The van der Waals surface area contributed by atoms with Crippen LogP contribution >= 0.6 is 11.3 Å². The van der Waals surface area contributed by atoms with E-state index in [4.69, 9.17) is 9.05 Å². The molecular formula is C14H14N4O4S2. The van der Waals surface area contributed by atoms with Crippen molar-refractivity contribution in [3.05, 3.63) is 34.4 Å². The van der Waals surface area contributed by atoms with Crippen molar-refractivity contribution in [3.63, 3.8) is 0 Å². The summed E-state index contributed by atoms with van der Waals surface area (Å²) in [5.41, 5.74) is 0.798. The van der Waals surface area contributed by atoms with Crippen LogP contribution in [-0.2, 0) is 15.6 Å². The summed E-state index contributed by atoms with van der Waals surface area (Å²) in [7, 11) is -3.60. The highest BCUT2D eigenvalue weighted by atomic mass is 32.2. The predicted molar refractivity (Wildman–Crippen MR) is 84.9 cm³/mol. The van der Waals surface area contributed by atoms with Crippen molar-refractivity contribution in [1.29, 1.82) is 0 Å². The molecule has 0 bridgehead atoms. The van der Waals surface area contributed by atoms with E-state index >= 15 is 0 Å². The molecule has 126 valence electrons. The minimum absolute atomic E-state index is 0.0463. The van der Waals surface area contributed by atoms with E-state index in [0.29, 0.717) is 17.6 Å². The average molecular weight is 366 g/mol. The van der Waals surface area contributed by atoms with Crippen LogP contribution in [0.3, 0.4) is 0 Å². The van der Waals surface area contributed by atoms with Gasteiger partial charge in [-0.2, -0.15) is 21.3 Å². The molecule has 0 aromatic carbocycles. The molecule has 4 rings (SSSR count). The molecule has 0 N–H and O–H groups in total. The van der Waals surface area contributed by atoms with Crippen molar-refractivity contribution < 1.29 is 17.5 Å². The zero-order valence-electron chi connectivity index (χ0n) is 12.7. The standard InChI is InChI=1S/C14H14N4O4S2/c1-8(14-16-12(18-22-14)9-2-3-9)24(19,20)7-11-15-13(17-21-11)10-4-5-23-6-10/h4-6,8-9H,2-3,7H2,1H3. The average Bonchev–Trinajstić information content (AvgIpc) is 3.01. The van der Waals surface area contributed by atoms with Gasteiger partial charge in [0.1, 0.15) is 11.0 Å². The second-order valence-electron chi connectivity index (χ2n) is 5.74. The number of sulfone groups is 1. The lowest BCUT2D eigenvalue weighted by molar-refractivity contribution is 0.369. The third kappa shape index (κ3) is 2.98. The van der Waals surface area contributed by atoms with Gasteiger partial charge in [0.15, 0.2) is 15.7 Å². The molecule has 1 aliphatic rings. The number of nitrogens with zero attached hydrogens (tertiary/aromatic N) is 4. The van der Waals surface area contributed by atoms with Crippen molar-refractivity contribution in [2.75, 3.05) is 0 Å². The lowest BCUT2D eigenvalue weighted by Gasteiger charge is -2.05. The number of thiophene rings is 1. The first-order valence-electron chi connectivity index (χ1n) is 7.43. The van der Waals surface area contributed by atoms with Gasteiger partial charge >= 0.3 is 0 Å². The van der Waals surface area contributed by atoms with Crippen molar-refractivity contribution in [2.24, 2.45) is 0 Å². The Hall–Kier alpha value is -2.07. The summed E-state index contributed by atoms with van der Waals surface area (Å²) in [6.45, 7) is 1.52. The SMILES string of the molecule is CC(c1nc(C2CC2)no1)S(=O)(=O)Cc1nc(-c2ccsc2)no1. The molecule has 0 radical (unpaired) electrons. The van der Waals surface area contributed by atoms with E-state index in [9.17, 15) is 8.42 Å². The molecule has 1 saturated carbocycles. The first-order chi connectivity index (χ1) is 11.5. The molecule has 0 saturated heterocycles. The lowest BCUT2D eigenvalue weighted by atomic mass is 10.3. The zero-order valence-corrected chi connectivity index (χ0v) is 14.4. The van der Waals surface area contributed by atoms with Crippen molar-refractivity contribution in [2.45, 2.75) is 36.7 Å². The van der Waals surface area contributed by atoms with Crippen molar-refractivity contribution >= 4 is 21.2 Å². The van der Waals surface area contributed by atoms with Gasteiger partial charge in [0.2, 0.25) is 17.6 Å². The molecule has 1 unspecified atom stereocenters. The Morgan fingerprint density at radius 1 is 1.29 bits per heavy atom. The minimum Gasteiger partial charge on any atom is -0.338 e. The maximum Gasteiger partial charge on any atom is 0.244 e. The molecule has 0 amide bonds. The van der Waals surface area contributed by atoms with Crippen LogP contribution in [0.25, 0.3) is 11.4 Å². The van der Waals surface area contributed by atoms with Gasteiger partial charge in [0.05, 0.1) is 0 Å². The van der Waals surface area contributed by atoms with E-state index in [1.807, 2.05) is 16.8 Å². The summed E-state index contributed by atoms with van der Waals surface area (Å²) >= 11 is 1.50. The summed E-state index contributed by atoms with van der Waals surface area (Å²) in [5.74, 6) is 1.06. The van der Waals surface area contributed by atoms with Gasteiger partial charge in [-0.15, -0.1) is 0 Å². The Balaban J connectivity index is 1.51. The lowest BCUT2D eigenvalue weighted by Crippen LogP contribution is -2.13. The molecule has 0 spiro atoms. The second-order valence-corrected chi connectivity index (χ2v) is 8.84. The highest BCUT2D eigenvalue weighted by molar-refractivity contribution is 7.90. The maximum atomic E-state index is 12.5. The number of hydrogen-bond donors (Lipinski definition) is 0. The quantitative estimate of drug-likeness (QED) is 0.654. The smallest absolute Gasteiger partial charge is 0.244 e. The summed E-state index contributed by atoms with van der Waals surface area (Å²) in [6, 6.07) is 1.84. The van der Waals surface area contributed by atoms with E-state index in [1.165, 1.54) is 18.3 Å². The second kappa shape index (κ2) is 5.78. The molecule has 8 nitrogen and oxygen atoms in total. The highest BCUT2D eigenvalue weighted by Gasteiger charge is 2.34. The minimum atomic E-state index is -3.60. The van der Waals surface area contributed by atoms with Crippen LogP contribution in [-0.4, -0.2) is 28.7 Å². The first kappa shape index (κ1) is 15.5. The third-order valence-electron chi connectivity index (χ3n) is 3.86. The molecule has 3 aromatic rings. The van der Waals surface area contributed by atoms with E-state index in [-0.39, 0.29) is 17.5 Å². The van der Waals surface area contributed by atoms with Gasteiger partial charge in [-0.25, -0.2) is 8.42 Å². The molecular weight excluding hydrogens is 352 g/mol. The number of aromatic nitrogens is 4. The van der Waals surface area contributed by atoms with E-state index in [0.717, 1.165) is 18.4 Å². The van der Waals surface area contributed by atoms with Crippen LogP contribution in [0.4, 0.5) is 0 Å². The summed E-state index contributed by atoms with van der Waals surface area (Å²) in [6.07, 6.45) is 2.04. The third-order valence-corrected chi connectivity index (χ3v) is 6.47.